The average Bonchev–Trinajstić information content (AvgIpc) is 3.85. The van der Waals surface area contributed by atoms with Crippen molar-refractivity contribution in [3.63, 3.8) is 0 Å². The van der Waals surface area contributed by atoms with Crippen molar-refractivity contribution in [3.8, 4) is 0 Å². The molecule has 8 rings (SSSR count). The summed E-state index contributed by atoms with van der Waals surface area (Å²) in [6.07, 6.45) is 0. The molecule has 0 amide bonds. The molecule has 0 aromatic heterocycles. The first-order chi connectivity index (χ1) is 20.7. The van der Waals surface area contributed by atoms with Gasteiger partial charge in [-0.2, -0.15) is 70.1 Å². The molecule has 0 aliphatic heterocycles. The Morgan fingerprint density at radius 1 is 0.326 bits per heavy atom. The summed E-state index contributed by atoms with van der Waals surface area (Å²) >= 11 is 0. The van der Waals surface area contributed by atoms with Gasteiger partial charge in [0.1, 0.15) is 0 Å². The zero-order valence-corrected chi connectivity index (χ0v) is 33.6. The number of halogens is 2. The Balaban J connectivity index is 0. The van der Waals surface area contributed by atoms with Crippen LogP contribution in [0, 0.1) is 0 Å². The van der Waals surface area contributed by atoms with E-state index in [-0.39, 0.29) is 68.2 Å². The minimum absolute atomic E-state index is 0. The van der Waals surface area contributed by atoms with Crippen LogP contribution in [0.15, 0.2) is 170 Å². The Labute approximate surface area is 323 Å². The molecule has 0 aliphatic carbocycles. The fourth-order valence-electron chi connectivity index (χ4n) is 4.28. The summed E-state index contributed by atoms with van der Waals surface area (Å²) in [5, 5.41) is 10.6. The molecular weight excluding hydrogens is 703 g/mol. The zero-order valence-electron chi connectivity index (χ0n) is 26.9. The van der Waals surface area contributed by atoms with E-state index in [0.717, 1.165) is 19.0 Å². The molecule has 46 heavy (non-hydrogen) atoms. The van der Waals surface area contributed by atoms with Gasteiger partial charge in [0.15, 0.2) is 0 Å². The van der Waals surface area contributed by atoms with Gasteiger partial charge in [0, 0.05) is 19.0 Å². The van der Waals surface area contributed by atoms with Crippen molar-refractivity contribution >= 4 is 62.1 Å². The molecule has 0 nitrogen and oxygen atoms in total. The number of fused-ring (bicyclic) bond motifs is 4. The second-order valence-corrected chi connectivity index (χ2v) is 11.6. The normalized spacial score (nSPS) is 8.78. The average molecular weight is 744 g/mol. The second-order valence-electron chi connectivity index (χ2n) is 9.62. The molecule has 0 saturated carbocycles. The summed E-state index contributed by atoms with van der Waals surface area (Å²) in [5.74, 6) is 0. The third-order valence-electron chi connectivity index (χ3n) is 6.19. The molecule has 0 fully saturated rings. The summed E-state index contributed by atoms with van der Waals surface area (Å²) in [7, 11) is 2.17. The smallest absolute Gasteiger partial charge is 1.00 e. The van der Waals surface area contributed by atoms with Crippen LogP contribution in [0.25, 0.3) is 43.1 Å². The van der Waals surface area contributed by atoms with E-state index < -0.39 is 0 Å². The predicted molar refractivity (Wildman–Crippen MR) is 193 cm³/mol. The van der Waals surface area contributed by atoms with Gasteiger partial charge in [-0.1, -0.05) is 50.5 Å². The Hall–Kier alpha value is -2.24. The van der Waals surface area contributed by atoms with Crippen LogP contribution < -0.4 is 24.8 Å². The summed E-state index contributed by atoms with van der Waals surface area (Å²) in [6, 6.07) is 58.7. The largest absolute Gasteiger partial charge is 3.00 e. The number of hydrogen-bond acceptors (Lipinski definition) is 0. The van der Waals surface area contributed by atoms with E-state index in [9.17, 15) is 0 Å². The summed E-state index contributed by atoms with van der Waals surface area (Å²) < 4.78 is 0. The molecule has 0 saturated heterocycles. The van der Waals surface area contributed by atoms with E-state index in [1.165, 1.54) is 43.1 Å². The van der Waals surface area contributed by atoms with Crippen molar-refractivity contribution in [1.82, 2.24) is 0 Å². The Bertz CT molecular complexity index is 1430. The van der Waals surface area contributed by atoms with Gasteiger partial charge in [-0.05, 0) is 0 Å². The monoisotopic (exact) mass is 742 g/mol. The van der Waals surface area contributed by atoms with Gasteiger partial charge in [0.25, 0.3) is 0 Å². The Kier molecular flexibility index (Phi) is 27.8. The maximum Gasteiger partial charge on any atom is 3.00 e. The van der Waals surface area contributed by atoms with E-state index in [1.807, 2.05) is 0 Å². The van der Waals surface area contributed by atoms with Crippen molar-refractivity contribution in [2.24, 2.45) is 0 Å². The van der Waals surface area contributed by atoms with Crippen LogP contribution in [0.3, 0.4) is 0 Å². The first-order valence-corrected chi connectivity index (χ1v) is 18.3. The fourth-order valence-corrected chi connectivity index (χ4v) is 4.28. The number of benzene rings is 4. The molecular formula is C40H40Cl2Si2Ti2. The van der Waals surface area contributed by atoms with Crippen LogP contribution in [0.5, 0.6) is 0 Å². The first kappa shape index (κ1) is 45.9. The van der Waals surface area contributed by atoms with Crippen LogP contribution in [-0.2, 0) is 43.4 Å². The SMILES string of the molecule is C[Si]C.C[Si]C.[Cl-].[Cl-].[Ti+3].[Ti+3].c1ccc2[cH-]ccc2c1.c1ccc2[cH-]ccc2c1.c1ccc2[cH-]ccc2c1.c1ccc2[cH-]ccc2c1. The van der Waals surface area contributed by atoms with Crippen LogP contribution in [0.4, 0.5) is 0 Å². The molecule has 0 bridgehead atoms. The molecule has 8 aromatic carbocycles. The van der Waals surface area contributed by atoms with Gasteiger partial charge in [0.2, 0.25) is 0 Å². The topological polar surface area (TPSA) is 0 Å². The Morgan fingerprint density at radius 3 is 0.674 bits per heavy atom. The van der Waals surface area contributed by atoms with Crippen LogP contribution >= 0.6 is 0 Å². The summed E-state index contributed by atoms with van der Waals surface area (Å²) in [4.78, 5) is 0. The predicted octanol–water partition coefficient (Wildman–Crippen LogP) is 5.81. The molecule has 230 valence electrons. The van der Waals surface area contributed by atoms with Crippen molar-refractivity contribution in [2.75, 3.05) is 0 Å². The Morgan fingerprint density at radius 2 is 0.500 bits per heavy atom. The van der Waals surface area contributed by atoms with Crippen molar-refractivity contribution in [3.05, 3.63) is 170 Å². The van der Waals surface area contributed by atoms with Gasteiger partial charge < -0.3 is 24.8 Å². The molecule has 6 radical (unpaired) electrons. The number of hydrogen-bond donors (Lipinski definition) is 0. The van der Waals surface area contributed by atoms with E-state index in [2.05, 4.69) is 196 Å². The van der Waals surface area contributed by atoms with E-state index in [4.69, 9.17) is 0 Å². The van der Waals surface area contributed by atoms with Crippen LogP contribution in [-0.4, -0.2) is 19.0 Å². The molecule has 0 heterocycles. The maximum absolute atomic E-state index is 2.15. The second kappa shape index (κ2) is 27.8. The molecule has 6 heteroatoms. The third kappa shape index (κ3) is 16.0. The molecule has 0 atom stereocenters. The molecule has 0 N–H and O–H groups in total. The van der Waals surface area contributed by atoms with Gasteiger partial charge in [-0.3, -0.25) is 0 Å². The van der Waals surface area contributed by atoms with Crippen molar-refractivity contribution < 1.29 is 68.2 Å². The molecule has 8 aromatic rings. The van der Waals surface area contributed by atoms with E-state index in [1.54, 1.807) is 0 Å². The number of rotatable bonds is 0. The van der Waals surface area contributed by atoms with Gasteiger partial charge >= 0.3 is 43.4 Å². The van der Waals surface area contributed by atoms with Gasteiger partial charge in [0.05, 0.1) is 0 Å². The van der Waals surface area contributed by atoms with E-state index >= 15 is 0 Å². The standard InChI is InChI=1S/4C9H7.2C2H6Si.2ClH.2Ti/c4*1-2-5-9-7-3-6-8(9)4-1;2*1-3-2;;;;/h4*1-7H;2*1-2H3;2*1H;;/q4*-1;;;;;2*+3/p-2. The maximum atomic E-state index is 2.15. The molecule has 0 spiro atoms. The minimum Gasteiger partial charge on any atom is -1.00 e. The molecule has 0 aliphatic rings. The van der Waals surface area contributed by atoms with E-state index in [0.29, 0.717) is 0 Å². The van der Waals surface area contributed by atoms with Crippen molar-refractivity contribution in [2.45, 2.75) is 26.2 Å². The zero-order chi connectivity index (χ0) is 29.8. The minimum atomic E-state index is 0. The third-order valence-corrected chi connectivity index (χ3v) is 6.19. The first-order valence-electron chi connectivity index (χ1n) is 14.3. The van der Waals surface area contributed by atoms with Gasteiger partial charge in [-0.15, -0.1) is 119 Å². The molecule has 0 unspecified atom stereocenters. The van der Waals surface area contributed by atoms with Crippen molar-refractivity contribution in [1.29, 1.82) is 0 Å². The van der Waals surface area contributed by atoms with Crippen LogP contribution in [0.1, 0.15) is 0 Å². The fraction of sp³-hybridized carbons (Fsp3) is 0.100. The van der Waals surface area contributed by atoms with Crippen LogP contribution in [0.2, 0.25) is 26.2 Å². The quantitative estimate of drug-likeness (QED) is 0.136. The summed E-state index contributed by atoms with van der Waals surface area (Å²) in [6.45, 7) is 8.61. The van der Waals surface area contributed by atoms with Gasteiger partial charge in [-0.25, -0.2) is 0 Å². The summed E-state index contributed by atoms with van der Waals surface area (Å²) in [5.41, 5.74) is 0.